The van der Waals surface area contributed by atoms with Crippen LogP contribution in [0.2, 0.25) is 0 Å². The second kappa shape index (κ2) is 5.13. The fraction of sp³-hybridized carbons (Fsp3) is 0.0625. The number of anilines is 3. The zero-order valence-corrected chi connectivity index (χ0v) is 12.6. The van der Waals surface area contributed by atoms with Gasteiger partial charge in [-0.1, -0.05) is 18.2 Å². The minimum absolute atomic E-state index is 0.735. The molecule has 0 fully saturated rings. The van der Waals surface area contributed by atoms with E-state index in [0.717, 1.165) is 38.0 Å². The van der Waals surface area contributed by atoms with Gasteiger partial charge in [0.1, 0.15) is 0 Å². The van der Waals surface area contributed by atoms with Gasteiger partial charge in [0.05, 0.1) is 22.6 Å². The largest absolute Gasteiger partial charge is 0.397 e. The molecule has 0 bridgehead atoms. The average molecular weight is 328 g/mol. The molecule has 0 aliphatic heterocycles. The fourth-order valence-electron chi connectivity index (χ4n) is 2.18. The molecule has 3 nitrogen and oxygen atoms in total. The SMILES string of the molecule is Cc1ccc(Nc2cccc3cc(Br)cnc23)c(N)c1. The molecular formula is C16H14BrN3. The lowest BCUT2D eigenvalue weighted by atomic mass is 10.1. The number of para-hydroxylation sites is 1. The normalized spacial score (nSPS) is 10.7. The molecule has 4 heteroatoms. The monoisotopic (exact) mass is 327 g/mol. The zero-order chi connectivity index (χ0) is 14.1. The van der Waals surface area contributed by atoms with E-state index in [9.17, 15) is 0 Å². The van der Waals surface area contributed by atoms with Crippen molar-refractivity contribution in [2.24, 2.45) is 0 Å². The van der Waals surface area contributed by atoms with Crippen LogP contribution in [-0.2, 0) is 0 Å². The van der Waals surface area contributed by atoms with Crippen molar-refractivity contribution in [3.8, 4) is 0 Å². The summed E-state index contributed by atoms with van der Waals surface area (Å²) >= 11 is 3.44. The number of nitrogens with two attached hydrogens (primary N) is 1. The molecule has 3 N–H and O–H groups in total. The Labute approximate surface area is 126 Å². The van der Waals surface area contributed by atoms with Crippen LogP contribution in [0.5, 0.6) is 0 Å². The van der Waals surface area contributed by atoms with E-state index >= 15 is 0 Å². The van der Waals surface area contributed by atoms with E-state index in [-0.39, 0.29) is 0 Å². The molecule has 1 heterocycles. The smallest absolute Gasteiger partial charge is 0.0937 e. The third-order valence-corrected chi connectivity index (χ3v) is 3.59. The summed E-state index contributed by atoms with van der Waals surface area (Å²) in [6, 6.07) is 14.1. The standard InChI is InChI=1S/C16H14BrN3/c1-10-5-6-14(13(18)7-10)20-15-4-2-3-11-8-12(17)9-19-16(11)15/h2-9,20H,18H2,1H3. The van der Waals surface area contributed by atoms with Crippen LogP contribution in [0.1, 0.15) is 5.56 Å². The van der Waals surface area contributed by atoms with E-state index in [1.807, 2.05) is 49.4 Å². The summed E-state index contributed by atoms with van der Waals surface area (Å²) in [5.74, 6) is 0. The third kappa shape index (κ3) is 2.47. The van der Waals surface area contributed by atoms with Crippen LogP contribution in [0, 0.1) is 6.92 Å². The summed E-state index contributed by atoms with van der Waals surface area (Å²) in [5.41, 5.74) is 10.7. The van der Waals surface area contributed by atoms with Gasteiger partial charge in [-0.2, -0.15) is 0 Å². The maximum absolute atomic E-state index is 6.05. The Hall–Kier alpha value is -2.07. The third-order valence-electron chi connectivity index (χ3n) is 3.15. The van der Waals surface area contributed by atoms with Crippen LogP contribution >= 0.6 is 15.9 Å². The van der Waals surface area contributed by atoms with E-state index in [1.165, 1.54) is 0 Å². The molecule has 0 radical (unpaired) electrons. The average Bonchev–Trinajstić information content (AvgIpc) is 2.41. The minimum Gasteiger partial charge on any atom is -0.397 e. The topological polar surface area (TPSA) is 50.9 Å². The number of nitrogens with one attached hydrogen (secondary N) is 1. The summed E-state index contributed by atoms with van der Waals surface area (Å²) in [6.07, 6.45) is 1.80. The quantitative estimate of drug-likeness (QED) is 0.674. The Morgan fingerprint density at radius 2 is 1.95 bits per heavy atom. The summed E-state index contributed by atoms with van der Waals surface area (Å²) in [6.45, 7) is 2.02. The maximum atomic E-state index is 6.05. The van der Waals surface area contributed by atoms with Crippen LogP contribution in [0.25, 0.3) is 10.9 Å². The molecule has 2 aromatic carbocycles. The highest BCUT2D eigenvalue weighted by Gasteiger charge is 2.05. The minimum atomic E-state index is 0.735. The van der Waals surface area contributed by atoms with Gasteiger partial charge in [-0.25, -0.2) is 0 Å². The number of nitrogen functional groups attached to an aromatic ring is 1. The predicted molar refractivity (Wildman–Crippen MR) is 88.3 cm³/mol. The number of nitrogens with zero attached hydrogens (tertiary/aromatic N) is 1. The van der Waals surface area contributed by atoms with E-state index in [1.54, 1.807) is 6.20 Å². The van der Waals surface area contributed by atoms with Crippen molar-refractivity contribution in [3.63, 3.8) is 0 Å². The summed E-state index contributed by atoms with van der Waals surface area (Å²) < 4.78 is 0.969. The fourth-order valence-corrected chi connectivity index (χ4v) is 2.52. The first-order valence-corrected chi connectivity index (χ1v) is 7.10. The Balaban J connectivity index is 2.06. The predicted octanol–water partition coefficient (Wildman–Crippen LogP) is 4.63. The zero-order valence-electron chi connectivity index (χ0n) is 11.0. The summed E-state index contributed by atoms with van der Waals surface area (Å²) in [4.78, 5) is 4.47. The number of pyridine rings is 1. The van der Waals surface area contributed by atoms with Crippen molar-refractivity contribution in [2.75, 3.05) is 11.1 Å². The highest BCUT2D eigenvalue weighted by molar-refractivity contribution is 9.10. The Bertz CT molecular complexity index is 784. The van der Waals surface area contributed by atoms with Crippen LogP contribution in [0.3, 0.4) is 0 Å². The Morgan fingerprint density at radius 1 is 1.10 bits per heavy atom. The van der Waals surface area contributed by atoms with Gasteiger partial charge in [0.25, 0.3) is 0 Å². The molecule has 0 spiro atoms. The van der Waals surface area contributed by atoms with E-state index in [0.29, 0.717) is 0 Å². The van der Waals surface area contributed by atoms with Gasteiger partial charge in [-0.3, -0.25) is 4.98 Å². The molecule has 1 aromatic heterocycles. The number of rotatable bonds is 2. The summed E-state index contributed by atoms with van der Waals surface area (Å²) in [5, 5.41) is 4.44. The van der Waals surface area contributed by atoms with Crippen molar-refractivity contribution in [1.29, 1.82) is 0 Å². The van der Waals surface area contributed by atoms with Crippen molar-refractivity contribution in [2.45, 2.75) is 6.92 Å². The Morgan fingerprint density at radius 3 is 2.75 bits per heavy atom. The highest BCUT2D eigenvalue weighted by Crippen LogP contribution is 2.29. The lowest BCUT2D eigenvalue weighted by molar-refractivity contribution is 1.38. The van der Waals surface area contributed by atoms with Crippen LogP contribution < -0.4 is 11.1 Å². The number of hydrogen-bond acceptors (Lipinski definition) is 3. The van der Waals surface area contributed by atoms with Crippen LogP contribution in [0.15, 0.2) is 53.1 Å². The molecular weight excluding hydrogens is 314 g/mol. The van der Waals surface area contributed by atoms with Gasteiger partial charge in [0, 0.05) is 16.1 Å². The van der Waals surface area contributed by atoms with Crippen LogP contribution in [-0.4, -0.2) is 4.98 Å². The molecule has 0 amide bonds. The maximum Gasteiger partial charge on any atom is 0.0937 e. The van der Waals surface area contributed by atoms with Gasteiger partial charge in [-0.15, -0.1) is 0 Å². The van der Waals surface area contributed by atoms with Gasteiger partial charge < -0.3 is 11.1 Å². The second-order valence-electron chi connectivity index (χ2n) is 4.75. The number of halogens is 1. The number of aromatic nitrogens is 1. The van der Waals surface area contributed by atoms with E-state index in [2.05, 4.69) is 26.2 Å². The molecule has 0 aliphatic rings. The van der Waals surface area contributed by atoms with Crippen molar-refractivity contribution in [1.82, 2.24) is 4.98 Å². The first-order chi connectivity index (χ1) is 9.63. The molecule has 0 saturated heterocycles. The molecule has 3 aromatic rings. The number of aryl methyl sites for hydroxylation is 1. The molecule has 20 heavy (non-hydrogen) atoms. The first kappa shape index (κ1) is 12.9. The number of benzene rings is 2. The van der Waals surface area contributed by atoms with Gasteiger partial charge in [0.15, 0.2) is 0 Å². The summed E-state index contributed by atoms with van der Waals surface area (Å²) in [7, 11) is 0. The molecule has 3 rings (SSSR count). The number of hydrogen-bond donors (Lipinski definition) is 2. The molecule has 0 aliphatic carbocycles. The van der Waals surface area contributed by atoms with Gasteiger partial charge in [0.2, 0.25) is 0 Å². The van der Waals surface area contributed by atoms with E-state index < -0.39 is 0 Å². The van der Waals surface area contributed by atoms with E-state index in [4.69, 9.17) is 5.73 Å². The molecule has 0 unspecified atom stereocenters. The Kier molecular flexibility index (Phi) is 3.32. The number of fused-ring (bicyclic) bond motifs is 1. The highest BCUT2D eigenvalue weighted by atomic mass is 79.9. The van der Waals surface area contributed by atoms with Gasteiger partial charge >= 0.3 is 0 Å². The molecule has 100 valence electrons. The molecule has 0 atom stereocenters. The lowest BCUT2D eigenvalue weighted by Crippen LogP contribution is -1.98. The van der Waals surface area contributed by atoms with Crippen LogP contribution in [0.4, 0.5) is 17.1 Å². The van der Waals surface area contributed by atoms with Crippen molar-refractivity contribution in [3.05, 3.63) is 58.7 Å². The molecule has 0 saturated carbocycles. The lowest BCUT2D eigenvalue weighted by Gasteiger charge is -2.12. The van der Waals surface area contributed by atoms with Gasteiger partial charge in [-0.05, 0) is 52.7 Å². The first-order valence-electron chi connectivity index (χ1n) is 6.31. The van der Waals surface area contributed by atoms with Crippen molar-refractivity contribution < 1.29 is 0 Å². The second-order valence-corrected chi connectivity index (χ2v) is 5.66. The van der Waals surface area contributed by atoms with Crippen molar-refractivity contribution >= 4 is 43.9 Å².